The summed E-state index contributed by atoms with van der Waals surface area (Å²) in [6.07, 6.45) is 0.0841. The van der Waals surface area contributed by atoms with Crippen LogP contribution in [0.15, 0.2) is 0 Å². The van der Waals surface area contributed by atoms with Gasteiger partial charge in [-0.05, 0) is 71.8 Å². The molecule has 0 aliphatic carbocycles. The zero-order chi connectivity index (χ0) is 24.6. The second-order valence-corrected chi connectivity index (χ2v) is 23.7. The predicted octanol–water partition coefficient (Wildman–Crippen LogP) is 2.49. The van der Waals surface area contributed by atoms with Crippen LogP contribution in [0, 0.1) is 0 Å². The minimum atomic E-state index is -2.19. The molecule has 0 aromatic heterocycles. The maximum atomic E-state index is 12.6. The lowest BCUT2D eigenvalue weighted by Gasteiger charge is -2.24. The van der Waals surface area contributed by atoms with Crippen molar-refractivity contribution in [2.45, 2.75) is 96.7 Å². The highest BCUT2D eigenvalue weighted by Gasteiger charge is 2.30. The molecule has 3 N–H and O–H groups in total. The van der Waals surface area contributed by atoms with Crippen molar-refractivity contribution in [1.29, 1.82) is 0 Å². The molecule has 1 amide bonds. The van der Waals surface area contributed by atoms with Crippen LogP contribution < -0.4 is 11.1 Å². The fraction of sp³-hybridized carbons (Fsp3) is 0.789. The number of hydrogen-bond acceptors (Lipinski definition) is 8. The van der Waals surface area contributed by atoms with Crippen LogP contribution in [0.2, 0.25) is 58.9 Å². The molecule has 0 unspecified atom stereocenters. The molecule has 31 heavy (non-hydrogen) atoms. The van der Waals surface area contributed by atoms with E-state index in [4.69, 9.17) is 19.0 Å². The van der Waals surface area contributed by atoms with Gasteiger partial charge in [0.2, 0.25) is 30.9 Å². The number of nitrogens with two attached hydrogens (primary N) is 1. The van der Waals surface area contributed by atoms with Crippen LogP contribution in [0.1, 0.15) is 25.7 Å². The Morgan fingerprint density at radius 2 is 1.16 bits per heavy atom. The first kappa shape index (κ1) is 29.5. The summed E-state index contributed by atoms with van der Waals surface area (Å²) < 4.78 is 16.2. The average Bonchev–Trinajstić information content (AvgIpc) is 2.51. The van der Waals surface area contributed by atoms with Crippen LogP contribution in [0.5, 0.6) is 0 Å². The van der Waals surface area contributed by atoms with Gasteiger partial charge in [0.25, 0.3) is 5.97 Å². The van der Waals surface area contributed by atoms with Crippen LogP contribution in [-0.2, 0) is 32.5 Å². The number of amides is 1. The van der Waals surface area contributed by atoms with Crippen molar-refractivity contribution in [3.05, 3.63) is 0 Å². The predicted molar refractivity (Wildman–Crippen MR) is 127 cm³/mol. The molecule has 9 nitrogen and oxygen atoms in total. The first-order valence-corrected chi connectivity index (χ1v) is 20.7. The molecule has 0 aromatic carbocycles. The van der Waals surface area contributed by atoms with E-state index in [-0.39, 0.29) is 25.7 Å². The van der Waals surface area contributed by atoms with Crippen molar-refractivity contribution in [3.63, 3.8) is 0 Å². The fourth-order valence-electron chi connectivity index (χ4n) is 2.32. The van der Waals surface area contributed by atoms with Crippen molar-refractivity contribution in [2.24, 2.45) is 5.73 Å². The molecule has 0 rings (SSSR count). The number of hydrogen-bond donors (Lipinski definition) is 2. The van der Waals surface area contributed by atoms with Gasteiger partial charge in [-0.25, -0.2) is 0 Å². The van der Waals surface area contributed by atoms with Gasteiger partial charge in [0, 0.05) is 12.8 Å². The summed E-state index contributed by atoms with van der Waals surface area (Å²) in [4.78, 5) is 49.0. The number of rotatable bonds is 12. The van der Waals surface area contributed by atoms with E-state index in [0.29, 0.717) is 0 Å². The second kappa shape index (κ2) is 11.9. The fourth-order valence-corrected chi connectivity index (χ4v) is 4.61. The number of nitrogens with one attached hydrogen (secondary N) is 1. The molecular weight excluding hydrogens is 452 g/mol. The monoisotopic (exact) mass is 492 g/mol. The van der Waals surface area contributed by atoms with Gasteiger partial charge in [-0.2, -0.15) is 0 Å². The molecule has 0 heterocycles. The zero-order valence-electron chi connectivity index (χ0n) is 20.4. The van der Waals surface area contributed by atoms with E-state index in [1.54, 1.807) is 0 Å². The number of carbonyl (C=O) groups excluding carboxylic acids is 4. The average molecular weight is 493 g/mol. The molecule has 0 aliphatic rings. The van der Waals surface area contributed by atoms with E-state index in [1.807, 2.05) is 58.9 Å². The lowest BCUT2D eigenvalue weighted by molar-refractivity contribution is -0.142. The topological polar surface area (TPSA) is 134 Å². The van der Waals surface area contributed by atoms with Crippen LogP contribution in [0.3, 0.4) is 0 Å². The summed E-state index contributed by atoms with van der Waals surface area (Å²) in [5.41, 5.74) is 5.83. The van der Waals surface area contributed by atoms with Gasteiger partial charge < -0.3 is 24.3 Å². The Labute approximate surface area is 189 Å². The minimum absolute atomic E-state index is 0.0158. The van der Waals surface area contributed by atoms with Gasteiger partial charge >= 0.3 is 11.9 Å². The molecule has 0 spiro atoms. The lowest BCUT2D eigenvalue weighted by atomic mass is 10.1. The lowest BCUT2D eigenvalue weighted by Crippen LogP contribution is -2.46. The molecule has 0 aliphatic heterocycles. The molecule has 12 heteroatoms. The maximum Gasteiger partial charge on any atom is 0.315 e. The summed E-state index contributed by atoms with van der Waals surface area (Å²) >= 11 is 0. The first-order valence-electron chi connectivity index (χ1n) is 10.5. The van der Waals surface area contributed by atoms with E-state index in [9.17, 15) is 19.2 Å². The van der Waals surface area contributed by atoms with E-state index < -0.39 is 60.9 Å². The summed E-state index contributed by atoms with van der Waals surface area (Å²) in [6.45, 7) is 16.8. The van der Waals surface area contributed by atoms with E-state index in [2.05, 4.69) is 5.32 Å². The van der Waals surface area contributed by atoms with Crippen LogP contribution in [-0.4, -0.2) is 60.9 Å². The van der Waals surface area contributed by atoms with E-state index in [0.717, 1.165) is 0 Å². The summed E-state index contributed by atoms with van der Waals surface area (Å²) in [5.74, 6) is -1.96. The molecule has 0 saturated carbocycles. The largest absolute Gasteiger partial charge is 0.520 e. The second-order valence-electron chi connectivity index (χ2n) is 10.5. The molecule has 0 saturated heterocycles. The van der Waals surface area contributed by atoms with Crippen molar-refractivity contribution < 1.29 is 32.5 Å². The highest BCUT2D eigenvalue weighted by molar-refractivity contribution is 6.72. The molecule has 0 fully saturated rings. The summed E-state index contributed by atoms with van der Waals surface area (Å²) in [5, 5.41) is 2.61. The van der Waals surface area contributed by atoms with Gasteiger partial charge in [0.1, 0.15) is 12.1 Å². The summed E-state index contributed by atoms with van der Waals surface area (Å²) in [6, 6.07) is -1.89. The maximum absolute atomic E-state index is 12.6. The van der Waals surface area contributed by atoms with Crippen LogP contribution >= 0.6 is 0 Å². The Hall–Kier alpha value is -1.51. The molecule has 0 bridgehead atoms. The summed E-state index contributed by atoms with van der Waals surface area (Å²) in [7, 11) is -6.30. The third-order valence-corrected chi connectivity index (χ3v) is 5.94. The van der Waals surface area contributed by atoms with Crippen molar-refractivity contribution in [3.8, 4) is 0 Å². The SMILES string of the molecule is C[Si](C)(C)OC(=O)CC[C@@H](NC(=O)CC[C@H](N)C(=O)O[Si](C)(C)C)C(=O)O[Si](C)(C)C. The third kappa shape index (κ3) is 15.9. The Balaban J connectivity index is 4.93. The molecule has 180 valence electrons. The Kier molecular flexibility index (Phi) is 11.3. The quantitative estimate of drug-likeness (QED) is 0.397. The van der Waals surface area contributed by atoms with Crippen LogP contribution in [0.4, 0.5) is 0 Å². The highest BCUT2D eigenvalue weighted by Crippen LogP contribution is 2.12. The van der Waals surface area contributed by atoms with Gasteiger partial charge in [-0.3, -0.25) is 19.2 Å². The van der Waals surface area contributed by atoms with Gasteiger partial charge in [-0.1, -0.05) is 0 Å². The normalized spacial score (nSPS) is 14.3. The first-order chi connectivity index (χ1) is 13.8. The Morgan fingerprint density at radius 3 is 1.61 bits per heavy atom. The van der Waals surface area contributed by atoms with Gasteiger partial charge in [0.15, 0.2) is 0 Å². The van der Waals surface area contributed by atoms with Crippen molar-refractivity contribution >= 4 is 48.8 Å². The number of carbonyl (C=O) groups is 4. The third-order valence-electron chi connectivity index (χ3n) is 3.48. The van der Waals surface area contributed by atoms with E-state index in [1.165, 1.54) is 0 Å². The molecular formula is C19H40N2O7Si3. The van der Waals surface area contributed by atoms with Gasteiger partial charge in [0.05, 0.1) is 0 Å². The van der Waals surface area contributed by atoms with Crippen molar-refractivity contribution in [2.75, 3.05) is 0 Å². The molecule has 0 radical (unpaired) electrons. The van der Waals surface area contributed by atoms with Gasteiger partial charge in [-0.15, -0.1) is 0 Å². The van der Waals surface area contributed by atoms with E-state index >= 15 is 0 Å². The highest BCUT2D eigenvalue weighted by atomic mass is 28.4. The Morgan fingerprint density at radius 1 is 0.710 bits per heavy atom. The standard InChI is InChI=1S/C19H40N2O7Si3/c1-29(2,3)26-17(23)13-11-15(19(25)28-31(7,8)9)21-16(22)12-10-14(20)18(24)27-30(4,5)6/h14-15H,10-13,20H2,1-9H3,(H,21,22)/t14-,15+/m0/s1. The zero-order valence-corrected chi connectivity index (χ0v) is 23.4. The Bertz CT molecular complexity index is 652. The smallest absolute Gasteiger partial charge is 0.315 e. The minimum Gasteiger partial charge on any atom is -0.520 e. The molecule has 2 atom stereocenters. The van der Waals surface area contributed by atoms with Crippen molar-refractivity contribution in [1.82, 2.24) is 5.32 Å². The molecule has 0 aromatic rings. The van der Waals surface area contributed by atoms with Crippen LogP contribution in [0.25, 0.3) is 0 Å².